The van der Waals surface area contributed by atoms with Crippen LogP contribution in [0.25, 0.3) is 0 Å². The average Bonchev–Trinajstić information content (AvgIpc) is 2.26. The minimum atomic E-state index is -0.306. The summed E-state index contributed by atoms with van der Waals surface area (Å²) in [5, 5.41) is 0. The lowest BCUT2D eigenvalue weighted by Crippen LogP contribution is -2.05. The normalized spacial score (nSPS) is 12.1. The molecule has 0 rings (SSSR count). The van der Waals surface area contributed by atoms with Crippen LogP contribution < -0.4 is 0 Å². The first-order valence-electron chi connectivity index (χ1n) is 5.37. The molecule has 0 N–H and O–H groups in total. The van der Waals surface area contributed by atoms with E-state index in [1.54, 1.807) is 19.1 Å². The van der Waals surface area contributed by atoms with E-state index in [2.05, 4.69) is 11.8 Å². The molecule has 1 unspecified atom stereocenters. The van der Waals surface area contributed by atoms with Gasteiger partial charge in [-0.1, -0.05) is 23.3 Å². The van der Waals surface area contributed by atoms with Crippen LogP contribution in [0.1, 0.15) is 26.7 Å². The third-order valence-corrected chi connectivity index (χ3v) is 2.22. The molecule has 0 spiro atoms. The average molecular weight is 241 g/mol. The lowest BCUT2D eigenvalue weighted by molar-refractivity contribution is -0.143. The van der Waals surface area contributed by atoms with E-state index >= 15 is 0 Å². The van der Waals surface area contributed by atoms with Crippen LogP contribution >= 0.6 is 8.46 Å². The predicted molar refractivity (Wildman–Crippen MR) is 65.8 cm³/mol. The highest BCUT2D eigenvalue weighted by Crippen LogP contribution is 2.04. The van der Waals surface area contributed by atoms with Crippen LogP contribution in [0, 0.1) is 17.8 Å². The van der Waals surface area contributed by atoms with E-state index in [1.807, 2.05) is 6.92 Å². The Balaban J connectivity index is 3.76. The van der Waals surface area contributed by atoms with Gasteiger partial charge in [0.15, 0.2) is 6.16 Å². The number of esters is 1. The summed E-state index contributed by atoms with van der Waals surface area (Å²) in [6.07, 6.45) is 5.15. The second-order valence-electron chi connectivity index (χ2n) is 3.28. The first-order valence-corrected chi connectivity index (χ1v) is 6.49. The number of carbonyl (C=O) groups excluding carboxylic acids is 1. The van der Waals surface area contributed by atoms with Gasteiger partial charge < -0.3 is 4.74 Å². The topological polar surface area (TPSA) is 43.4 Å². The fourth-order valence-corrected chi connectivity index (χ4v) is 1.21. The first-order chi connectivity index (χ1) is 7.70. The standard InChI is InChI=1S/C12H17O3P/c1-3-15-12(13)9-8-11(2)7-5-4-6-10-16-14/h4,6,11H,3,8-10H2,1-2H3/p+1/b6-4+/t11-/m1/s1. The van der Waals surface area contributed by atoms with Gasteiger partial charge in [0.2, 0.25) is 0 Å². The molecule has 16 heavy (non-hydrogen) atoms. The SMILES string of the molecule is CCOC(=O)CC[C@H](C)C#C/C=C/C[PH+]=O. The number of rotatable bonds is 6. The van der Waals surface area contributed by atoms with E-state index in [4.69, 9.17) is 4.74 Å². The molecule has 0 bridgehead atoms. The molecule has 0 aromatic rings. The van der Waals surface area contributed by atoms with Crippen LogP contribution in [0.15, 0.2) is 12.2 Å². The summed E-state index contributed by atoms with van der Waals surface area (Å²) in [5.41, 5.74) is 0. The first kappa shape index (κ1) is 14.9. The summed E-state index contributed by atoms with van der Waals surface area (Å²) in [6, 6.07) is 0. The van der Waals surface area contributed by atoms with Crippen LogP contribution in [-0.4, -0.2) is 18.7 Å². The third-order valence-electron chi connectivity index (χ3n) is 1.82. The maximum absolute atomic E-state index is 11.0. The molecule has 0 saturated carbocycles. The van der Waals surface area contributed by atoms with Crippen LogP contribution in [-0.2, 0) is 14.1 Å². The van der Waals surface area contributed by atoms with Crippen molar-refractivity contribution in [3.8, 4) is 11.8 Å². The minimum absolute atomic E-state index is 0.167. The molecular weight excluding hydrogens is 223 g/mol. The molecule has 0 amide bonds. The van der Waals surface area contributed by atoms with Crippen molar-refractivity contribution in [3.05, 3.63) is 12.2 Å². The second kappa shape index (κ2) is 10.4. The fourth-order valence-electron chi connectivity index (χ4n) is 0.996. The van der Waals surface area contributed by atoms with Crippen molar-refractivity contribution in [1.82, 2.24) is 0 Å². The molecule has 3 nitrogen and oxygen atoms in total. The van der Waals surface area contributed by atoms with Crippen LogP contribution in [0.4, 0.5) is 0 Å². The Morgan fingerprint density at radius 1 is 1.56 bits per heavy atom. The van der Waals surface area contributed by atoms with E-state index < -0.39 is 0 Å². The lowest BCUT2D eigenvalue weighted by Gasteiger charge is -2.03. The molecule has 0 aliphatic heterocycles. The molecule has 0 aromatic heterocycles. The van der Waals surface area contributed by atoms with Gasteiger partial charge in [0.05, 0.1) is 6.61 Å². The molecule has 0 aliphatic carbocycles. The molecule has 0 aromatic carbocycles. The van der Waals surface area contributed by atoms with E-state index in [1.165, 1.54) is 0 Å². The summed E-state index contributed by atoms with van der Waals surface area (Å²) in [4.78, 5) is 11.0. The minimum Gasteiger partial charge on any atom is -0.466 e. The van der Waals surface area contributed by atoms with Gasteiger partial charge in [-0.2, -0.15) is 0 Å². The highest BCUT2D eigenvalue weighted by molar-refractivity contribution is 7.23. The molecule has 0 heterocycles. The fraction of sp³-hybridized carbons (Fsp3) is 0.583. The van der Waals surface area contributed by atoms with Crippen molar-refractivity contribution >= 4 is 14.4 Å². The van der Waals surface area contributed by atoms with Gasteiger partial charge in [-0.05, 0) is 25.5 Å². The molecule has 2 atom stereocenters. The van der Waals surface area contributed by atoms with Crippen molar-refractivity contribution in [3.63, 3.8) is 0 Å². The second-order valence-corrected chi connectivity index (χ2v) is 3.98. The van der Waals surface area contributed by atoms with Gasteiger partial charge >= 0.3 is 14.4 Å². The monoisotopic (exact) mass is 241 g/mol. The van der Waals surface area contributed by atoms with Crippen LogP contribution in [0.5, 0.6) is 0 Å². The Morgan fingerprint density at radius 2 is 2.31 bits per heavy atom. The van der Waals surface area contributed by atoms with Gasteiger partial charge in [-0.15, -0.1) is 0 Å². The molecule has 4 heteroatoms. The smallest absolute Gasteiger partial charge is 0.328 e. The van der Waals surface area contributed by atoms with Gasteiger partial charge in [0.25, 0.3) is 0 Å². The number of carbonyl (C=O) groups is 1. The molecular formula is C12H18O3P+. The summed E-state index contributed by atoms with van der Waals surface area (Å²) in [7, 11) is -0.306. The third kappa shape index (κ3) is 9.43. The number of hydrogen-bond acceptors (Lipinski definition) is 3. The van der Waals surface area contributed by atoms with Gasteiger partial charge in [-0.25, -0.2) is 0 Å². The van der Waals surface area contributed by atoms with Crippen molar-refractivity contribution in [2.75, 3.05) is 12.8 Å². The van der Waals surface area contributed by atoms with Crippen molar-refractivity contribution in [2.45, 2.75) is 26.7 Å². The van der Waals surface area contributed by atoms with Crippen molar-refractivity contribution in [2.24, 2.45) is 5.92 Å². The Hall–Kier alpha value is -1.13. The summed E-state index contributed by atoms with van der Waals surface area (Å²) in [5.74, 6) is 5.86. The maximum Gasteiger partial charge on any atom is 0.328 e. The van der Waals surface area contributed by atoms with E-state index in [9.17, 15) is 9.36 Å². The van der Waals surface area contributed by atoms with Gasteiger partial charge in [0, 0.05) is 12.3 Å². The Bertz CT molecular complexity index is 299. The summed E-state index contributed by atoms with van der Waals surface area (Å²) >= 11 is 0. The zero-order valence-electron chi connectivity index (χ0n) is 9.79. The highest BCUT2D eigenvalue weighted by atomic mass is 31.1. The molecule has 0 radical (unpaired) electrons. The quantitative estimate of drug-likeness (QED) is 0.408. The number of allylic oxidation sites excluding steroid dienone is 2. The summed E-state index contributed by atoms with van der Waals surface area (Å²) in [6.45, 7) is 4.19. The van der Waals surface area contributed by atoms with E-state index in [-0.39, 0.29) is 20.3 Å². The molecule has 88 valence electrons. The van der Waals surface area contributed by atoms with Gasteiger partial charge in [-0.3, -0.25) is 4.79 Å². The van der Waals surface area contributed by atoms with E-state index in [0.29, 0.717) is 25.6 Å². The zero-order chi connectivity index (χ0) is 12.2. The number of hydrogen-bond donors (Lipinski definition) is 0. The zero-order valence-corrected chi connectivity index (χ0v) is 10.8. The Labute approximate surface area is 98.5 Å². The Kier molecular flexibility index (Phi) is 9.66. The maximum atomic E-state index is 11.0. The van der Waals surface area contributed by atoms with E-state index in [0.717, 1.165) is 0 Å². The molecule has 0 saturated heterocycles. The Morgan fingerprint density at radius 3 is 2.94 bits per heavy atom. The molecule has 0 fully saturated rings. The molecule has 0 aliphatic rings. The largest absolute Gasteiger partial charge is 0.466 e. The van der Waals surface area contributed by atoms with Crippen LogP contribution in [0.3, 0.4) is 0 Å². The van der Waals surface area contributed by atoms with Crippen molar-refractivity contribution < 1.29 is 14.1 Å². The lowest BCUT2D eigenvalue weighted by atomic mass is 10.1. The predicted octanol–water partition coefficient (Wildman–Crippen LogP) is 2.55. The van der Waals surface area contributed by atoms with Crippen molar-refractivity contribution in [1.29, 1.82) is 0 Å². The number of ether oxygens (including phenoxy) is 1. The van der Waals surface area contributed by atoms with Gasteiger partial charge in [0.1, 0.15) is 0 Å². The summed E-state index contributed by atoms with van der Waals surface area (Å²) < 4.78 is 15.0. The van der Waals surface area contributed by atoms with Crippen LogP contribution in [0.2, 0.25) is 0 Å². The highest BCUT2D eigenvalue weighted by Gasteiger charge is 2.04.